The average Bonchev–Trinajstić information content (AvgIpc) is 3.19. The normalized spacial score (nSPS) is 22.2. The van der Waals surface area contributed by atoms with Crippen LogP contribution in [0.5, 0.6) is 0 Å². The number of halogens is 1. The van der Waals surface area contributed by atoms with Gasteiger partial charge in [0, 0.05) is 31.4 Å². The SMILES string of the molecule is CN(C)C(=O)c1cc(NC(=O)C2CC3CCCCC3N2C(=O)c2ccccc2)ccc1Cl. The first kappa shape index (κ1) is 22.3. The van der Waals surface area contributed by atoms with Crippen LogP contribution >= 0.6 is 11.6 Å². The topological polar surface area (TPSA) is 69.7 Å². The zero-order valence-corrected chi connectivity index (χ0v) is 19.1. The Morgan fingerprint density at radius 1 is 1.03 bits per heavy atom. The number of benzene rings is 2. The quantitative estimate of drug-likeness (QED) is 0.743. The van der Waals surface area contributed by atoms with Gasteiger partial charge in [-0.05, 0) is 55.5 Å². The van der Waals surface area contributed by atoms with Gasteiger partial charge >= 0.3 is 0 Å². The number of carbonyl (C=O) groups is 3. The number of amides is 3. The van der Waals surface area contributed by atoms with Crippen LogP contribution in [-0.4, -0.2) is 53.7 Å². The summed E-state index contributed by atoms with van der Waals surface area (Å²) in [6.07, 6.45) is 4.83. The smallest absolute Gasteiger partial charge is 0.254 e. The lowest BCUT2D eigenvalue weighted by Gasteiger charge is -2.33. The van der Waals surface area contributed by atoms with E-state index in [1.807, 2.05) is 18.2 Å². The number of anilines is 1. The number of carbonyl (C=O) groups excluding carboxylic acids is 3. The van der Waals surface area contributed by atoms with Crippen LogP contribution in [0, 0.1) is 5.92 Å². The monoisotopic (exact) mass is 453 g/mol. The van der Waals surface area contributed by atoms with E-state index in [0.717, 1.165) is 25.7 Å². The van der Waals surface area contributed by atoms with Crippen molar-refractivity contribution in [3.63, 3.8) is 0 Å². The molecule has 4 rings (SSSR count). The van der Waals surface area contributed by atoms with Crippen LogP contribution < -0.4 is 5.32 Å². The molecule has 0 bridgehead atoms. The molecule has 168 valence electrons. The molecular formula is C25H28ClN3O3. The van der Waals surface area contributed by atoms with Crippen LogP contribution in [-0.2, 0) is 4.79 Å². The molecule has 1 saturated heterocycles. The fourth-order valence-corrected chi connectivity index (χ4v) is 5.15. The van der Waals surface area contributed by atoms with Crippen molar-refractivity contribution in [3.8, 4) is 0 Å². The van der Waals surface area contributed by atoms with Gasteiger partial charge in [0.25, 0.3) is 11.8 Å². The predicted octanol–water partition coefficient (Wildman–Crippen LogP) is 4.45. The van der Waals surface area contributed by atoms with E-state index < -0.39 is 6.04 Å². The van der Waals surface area contributed by atoms with Gasteiger partial charge in [0.2, 0.25) is 5.91 Å². The van der Waals surface area contributed by atoms with Crippen molar-refractivity contribution >= 4 is 35.0 Å². The number of nitrogens with one attached hydrogen (secondary N) is 1. The first-order chi connectivity index (χ1) is 15.4. The number of hydrogen-bond donors (Lipinski definition) is 1. The average molecular weight is 454 g/mol. The highest BCUT2D eigenvalue weighted by atomic mass is 35.5. The van der Waals surface area contributed by atoms with Crippen molar-refractivity contribution < 1.29 is 14.4 Å². The maximum Gasteiger partial charge on any atom is 0.254 e. The molecule has 0 spiro atoms. The molecule has 3 unspecified atom stereocenters. The Morgan fingerprint density at radius 3 is 2.47 bits per heavy atom. The molecule has 3 atom stereocenters. The Kier molecular flexibility index (Phi) is 6.51. The minimum absolute atomic E-state index is 0.0864. The third kappa shape index (κ3) is 4.37. The van der Waals surface area contributed by atoms with E-state index in [1.165, 1.54) is 4.90 Å². The van der Waals surface area contributed by atoms with Crippen molar-refractivity contribution in [2.75, 3.05) is 19.4 Å². The molecule has 1 N–H and O–H groups in total. The maximum absolute atomic E-state index is 13.4. The van der Waals surface area contributed by atoms with Crippen molar-refractivity contribution in [3.05, 3.63) is 64.7 Å². The number of nitrogens with zero attached hydrogens (tertiary/aromatic N) is 2. The van der Waals surface area contributed by atoms with Gasteiger partial charge in [0.1, 0.15) is 6.04 Å². The first-order valence-electron chi connectivity index (χ1n) is 11.1. The molecule has 0 aromatic heterocycles. The Hall–Kier alpha value is -2.86. The molecular weight excluding hydrogens is 426 g/mol. The lowest BCUT2D eigenvalue weighted by atomic mass is 9.84. The zero-order chi connectivity index (χ0) is 22.8. The van der Waals surface area contributed by atoms with Crippen molar-refractivity contribution in [1.82, 2.24) is 9.80 Å². The largest absolute Gasteiger partial charge is 0.345 e. The fraction of sp³-hybridized carbons (Fsp3) is 0.400. The minimum atomic E-state index is -0.542. The van der Waals surface area contributed by atoms with E-state index in [2.05, 4.69) is 5.32 Å². The summed E-state index contributed by atoms with van der Waals surface area (Å²) in [5.41, 5.74) is 1.42. The molecule has 2 fully saturated rings. The van der Waals surface area contributed by atoms with Crippen LogP contribution in [0.3, 0.4) is 0 Å². The van der Waals surface area contributed by atoms with Crippen LogP contribution in [0.1, 0.15) is 52.8 Å². The molecule has 2 aromatic carbocycles. The van der Waals surface area contributed by atoms with E-state index in [4.69, 9.17) is 11.6 Å². The van der Waals surface area contributed by atoms with Gasteiger partial charge in [-0.2, -0.15) is 0 Å². The minimum Gasteiger partial charge on any atom is -0.345 e. The molecule has 2 aliphatic rings. The summed E-state index contributed by atoms with van der Waals surface area (Å²) in [4.78, 5) is 42.4. The van der Waals surface area contributed by atoms with Crippen molar-refractivity contribution in [2.45, 2.75) is 44.2 Å². The second-order valence-corrected chi connectivity index (χ2v) is 9.23. The third-order valence-electron chi connectivity index (χ3n) is 6.52. The van der Waals surface area contributed by atoms with Gasteiger partial charge in [0.05, 0.1) is 10.6 Å². The summed E-state index contributed by atoms with van der Waals surface area (Å²) < 4.78 is 0. The van der Waals surface area contributed by atoms with E-state index in [-0.39, 0.29) is 23.8 Å². The van der Waals surface area contributed by atoms with Crippen LogP contribution in [0.25, 0.3) is 0 Å². The van der Waals surface area contributed by atoms with Crippen molar-refractivity contribution in [2.24, 2.45) is 5.92 Å². The molecule has 2 aromatic rings. The fourth-order valence-electron chi connectivity index (χ4n) is 4.95. The third-order valence-corrected chi connectivity index (χ3v) is 6.85. The highest BCUT2D eigenvalue weighted by Crippen LogP contribution is 2.41. The number of fused-ring (bicyclic) bond motifs is 1. The van der Waals surface area contributed by atoms with Gasteiger partial charge < -0.3 is 15.1 Å². The molecule has 7 heteroatoms. The number of likely N-dealkylation sites (tertiary alicyclic amines) is 1. The Morgan fingerprint density at radius 2 is 1.75 bits per heavy atom. The first-order valence-corrected chi connectivity index (χ1v) is 11.4. The second kappa shape index (κ2) is 9.33. The summed E-state index contributed by atoms with van der Waals surface area (Å²) in [6.45, 7) is 0. The summed E-state index contributed by atoms with van der Waals surface area (Å²) in [6, 6.07) is 13.6. The van der Waals surface area contributed by atoms with Gasteiger partial charge in [-0.3, -0.25) is 14.4 Å². The summed E-state index contributed by atoms with van der Waals surface area (Å²) >= 11 is 6.20. The Labute approximate surface area is 193 Å². The molecule has 1 heterocycles. The lowest BCUT2D eigenvalue weighted by molar-refractivity contribution is -0.120. The van der Waals surface area contributed by atoms with E-state index >= 15 is 0 Å². The van der Waals surface area contributed by atoms with E-state index in [0.29, 0.717) is 34.2 Å². The summed E-state index contributed by atoms with van der Waals surface area (Å²) in [5.74, 6) is -0.226. The van der Waals surface area contributed by atoms with Gasteiger partial charge in [-0.25, -0.2) is 0 Å². The number of rotatable bonds is 4. The Balaban J connectivity index is 1.59. The summed E-state index contributed by atoms with van der Waals surface area (Å²) in [5, 5.41) is 3.26. The highest BCUT2D eigenvalue weighted by Gasteiger charge is 2.47. The van der Waals surface area contributed by atoms with Gasteiger partial charge in [-0.15, -0.1) is 0 Å². The summed E-state index contributed by atoms with van der Waals surface area (Å²) in [7, 11) is 3.30. The molecule has 1 aliphatic heterocycles. The zero-order valence-electron chi connectivity index (χ0n) is 18.4. The van der Waals surface area contributed by atoms with Crippen LogP contribution in [0.15, 0.2) is 48.5 Å². The van der Waals surface area contributed by atoms with Gasteiger partial charge in [-0.1, -0.05) is 42.6 Å². The lowest BCUT2D eigenvalue weighted by Crippen LogP contribution is -2.47. The molecule has 1 aliphatic carbocycles. The molecule has 3 amide bonds. The molecule has 0 radical (unpaired) electrons. The van der Waals surface area contributed by atoms with E-state index in [9.17, 15) is 14.4 Å². The molecule has 6 nitrogen and oxygen atoms in total. The predicted molar refractivity (Wildman–Crippen MR) is 125 cm³/mol. The van der Waals surface area contributed by atoms with Crippen LogP contribution in [0.2, 0.25) is 5.02 Å². The van der Waals surface area contributed by atoms with Crippen molar-refractivity contribution in [1.29, 1.82) is 0 Å². The van der Waals surface area contributed by atoms with Gasteiger partial charge in [0.15, 0.2) is 0 Å². The molecule has 32 heavy (non-hydrogen) atoms. The highest BCUT2D eigenvalue weighted by molar-refractivity contribution is 6.34. The maximum atomic E-state index is 13.4. The molecule has 1 saturated carbocycles. The second-order valence-electron chi connectivity index (χ2n) is 8.83. The van der Waals surface area contributed by atoms with Crippen LogP contribution in [0.4, 0.5) is 5.69 Å². The Bertz CT molecular complexity index is 1020. The van der Waals surface area contributed by atoms with E-state index in [1.54, 1.807) is 49.3 Å². The standard InChI is InChI=1S/C25H28ClN3O3/c1-28(2)25(32)19-15-18(12-13-20(19)26)27-23(30)22-14-17-10-6-7-11-21(17)29(22)24(31)16-8-4-3-5-9-16/h3-5,8-9,12-13,15,17,21-22H,6-7,10-11,14H2,1-2H3,(H,27,30). The number of hydrogen-bond acceptors (Lipinski definition) is 3.